The predicted octanol–water partition coefficient (Wildman–Crippen LogP) is 3.62. The Labute approximate surface area is 192 Å². The molecule has 0 bridgehead atoms. The first-order valence-electron chi connectivity index (χ1n) is 10.7. The van der Waals surface area contributed by atoms with Crippen molar-refractivity contribution in [3.8, 4) is 0 Å². The van der Waals surface area contributed by atoms with E-state index in [2.05, 4.69) is 47.4 Å². The van der Waals surface area contributed by atoms with Crippen LogP contribution in [-0.2, 0) is 7.05 Å². The summed E-state index contributed by atoms with van der Waals surface area (Å²) in [5.41, 5.74) is 3.55. The van der Waals surface area contributed by atoms with Crippen molar-refractivity contribution in [1.82, 2.24) is 25.0 Å². The molecule has 0 atom stereocenters. The Morgan fingerprint density at radius 2 is 1.94 bits per heavy atom. The molecule has 1 aliphatic rings. The summed E-state index contributed by atoms with van der Waals surface area (Å²) in [6.07, 6.45) is 6.43. The molecular weight excluding hydrogens is 422 g/mol. The number of carbonyl (C=O) groups is 2. The molecule has 2 aromatic heterocycles. The van der Waals surface area contributed by atoms with E-state index in [1.165, 1.54) is 22.9 Å². The molecule has 1 fully saturated rings. The molecule has 32 heavy (non-hydrogen) atoms. The summed E-state index contributed by atoms with van der Waals surface area (Å²) < 4.78 is 1.61. The van der Waals surface area contributed by atoms with Gasteiger partial charge in [-0.05, 0) is 50.5 Å². The van der Waals surface area contributed by atoms with Crippen LogP contribution in [0.2, 0.25) is 0 Å². The number of carbonyl (C=O) groups excluding carboxylic acids is 2. The summed E-state index contributed by atoms with van der Waals surface area (Å²) in [4.78, 5) is 33.1. The summed E-state index contributed by atoms with van der Waals surface area (Å²) >= 11 is 1.53. The van der Waals surface area contributed by atoms with Gasteiger partial charge in [-0.1, -0.05) is 29.5 Å². The quantitative estimate of drug-likeness (QED) is 0.644. The maximum absolute atomic E-state index is 13.3. The first-order valence-corrected chi connectivity index (χ1v) is 11.5. The lowest BCUT2D eigenvalue weighted by Crippen LogP contribution is -2.46. The minimum absolute atomic E-state index is 0.0117. The molecule has 1 N–H and O–H groups in total. The van der Waals surface area contributed by atoms with Gasteiger partial charge in [0.05, 0.1) is 17.3 Å². The smallest absolute Gasteiger partial charge is 0.256 e. The van der Waals surface area contributed by atoms with Gasteiger partial charge in [0.15, 0.2) is 0 Å². The van der Waals surface area contributed by atoms with E-state index in [0.29, 0.717) is 24.2 Å². The molecule has 3 heterocycles. The third-order valence-corrected chi connectivity index (χ3v) is 6.82. The fourth-order valence-corrected chi connectivity index (χ4v) is 4.80. The van der Waals surface area contributed by atoms with Gasteiger partial charge in [0.1, 0.15) is 5.03 Å². The first kappa shape index (κ1) is 22.1. The molecule has 0 radical (unpaired) electrons. The lowest BCUT2D eigenvalue weighted by Gasteiger charge is -2.32. The van der Waals surface area contributed by atoms with Gasteiger partial charge in [0.25, 0.3) is 11.8 Å². The number of amides is 2. The van der Waals surface area contributed by atoms with E-state index in [4.69, 9.17) is 0 Å². The Morgan fingerprint density at radius 1 is 1.16 bits per heavy atom. The Kier molecular flexibility index (Phi) is 6.60. The highest BCUT2D eigenvalue weighted by Crippen LogP contribution is 2.32. The number of piperidine rings is 1. The van der Waals surface area contributed by atoms with E-state index in [0.717, 1.165) is 22.8 Å². The lowest BCUT2D eigenvalue weighted by molar-refractivity contribution is 0.0694. The van der Waals surface area contributed by atoms with Gasteiger partial charge in [-0.3, -0.25) is 14.3 Å². The number of aryl methyl sites for hydroxylation is 3. The van der Waals surface area contributed by atoms with Crippen LogP contribution in [0.4, 0.5) is 0 Å². The summed E-state index contributed by atoms with van der Waals surface area (Å²) in [5, 5.41) is 7.82. The molecular formula is C24H27N5O2S. The maximum Gasteiger partial charge on any atom is 0.256 e. The van der Waals surface area contributed by atoms with E-state index < -0.39 is 0 Å². The van der Waals surface area contributed by atoms with Gasteiger partial charge in [0, 0.05) is 43.5 Å². The van der Waals surface area contributed by atoms with Gasteiger partial charge >= 0.3 is 0 Å². The second kappa shape index (κ2) is 9.56. The van der Waals surface area contributed by atoms with Crippen LogP contribution in [0, 0.1) is 13.8 Å². The summed E-state index contributed by atoms with van der Waals surface area (Å²) in [5.74, 6) is -0.135. The zero-order chi connectivity index (χ0) is 22.7. The van der Waals surface area contributed by atoms with Crippen molar-refractivity contribution in [2.24, 2.45) is 7.05 Å². The van der Waals surface area contributed by atoms with Gasteiger partial charge in [-0.25, -0.2) is 4.98 Å². The van der Waals surface area contributed by atoms with Crippen LogP contribution in [0.25, 0.3) is 0 Å². The molecule has 7 nitrogen and oxygen atoms in total. The Balaban J connectivity index is 1.39. The molecule has 2 amide bonds. The zero-order valence-corrected chi connectivity index (χ0v) is 19.4. The number of rotatable bonds is 5. The summed E-state index contributed by atoms with van der Waals surface area (Å²) in [6, 6.07) is 9.98. The van der Waals surface area contributed by atoms with Crippen LogP contribution >= 0.6 is 11.8 Å². The molecule has 1 saturated heterocycles. The van der Waals surface area contributed by atoms with Gasteiger partial charge in [0.2, 0.25) is 0 Å². The predicted molar refractivity (Wildman–Crippen MR) is 124 cm³/mol. The van der Waals surface area contributed by atoms with E-state index in [1.807, 2.05) is 11.0 Å². The number of pyridine rings is 1. The van der Waals surface area contributed by atoms with Crippen LogP contribution < -0.4 is 5.32 Å². The maximum atomic E-state index is 13.3. The summed E-state index contributed by atoms with van der Waals surface area (Å²) in [6.45, 7) is 5.34. The molecule has 0 unspecified atom stereocenters. The molecule has 0 saturated carbocycles. The summed E-state index contributed by atoms with van der Waals surface area (Å²) in [7, 11) is 1.78. The van der Waals surface area contributed by atoms with Crippen molar-refractivity contribution in [2.45, 2.75) is 42.7 Å². The second-order valence-corrected chi connectivity index (χ2v) is 9.20. The normalized spacial score (nSPS) is 14.4. The highest BCUT2D eigenvalue weighted by Gasteiger charge is 2.27. The van der Waals surface area contributed by atoms with Gasteiger partial charge in [-0.2, -0.15) is 5.10 Å². The van der Waals surface area contributed by atoms with E-state index >= 15 is 0 Å². The standard InChI is InChI=1S/C24H27N5O2S/c1-16-6-7-21(17(2)13-16)32-23-20(5-4-10-25-23)24(31)29-11-8-19(9-12-29)27-22(30)18-14-26-28(3)15-18/h4-7,10,13-15,19H,8-9,11-12H2,1-3H3,(H,27,30). The number of aromatic nitrogens is 3. The Hall–Kier alpha value is -3.13. The molecule has 3 aromatic rings. The zero-order valence-electron chi connectivity index (χ0n) is 18.5. The second-order valence-electron chi connectivity index (χ2n) is 8.17. The van der Waals surface area contributed by atoms with Crippen LogP contribution in [0.15, 0.2) is 58.8 Å². The van der Waals surface area contributed by atoms with E-state index in [1.54, 1.807) is 36.4 Å². The number of nitrogens with one attached hydrogen (secondary N) is 1. The average molecular weight is 450 g/mol. The number of benzene rings is 1. The largest absolute Gasteiger partial charge is 0.349 e. The fraction of sp³-hybridized carbons (Fsp3) is 0.333. The number of likely N-dealkylation sites (tertiary alicyclic amines) is 1. The van der Waals surface area contributed by atoms with Crippen molar-refractivity contribution in [2.75, 3.05) is 13.1 Å². The third kappa shape index (κ3) is 5.02. The van der Waals surface area contributed by atoms with Crippen molar-refractivity contribution < 1.29 is 9.59 Å². The molecule has 1 aromatic carbocycles. The van der Waals surface area contributed by atoms with Crippen molar-refractivity contribution in [1.29, 1.82) is 0 Å². The molecule has 8 heteroatoms. The molecule has 1 aliphatic heterocycles. The topological polar surface area (TPSA) is 80.1 Å². The molecule has 0 aliphatic carbocycles. The number of nitrogens with zero attached hydrogens (tertiary/aromatic N) is 4. The number of hydrogen-bond acceptors (Lipinski definition) is 5. The number of hydrogen-bond donors (Lipinski definition) is 1. The van der Waals surface area contributed by atoms with Crippen molar-refractivity contribution in [3.63, 3.8) is 0 Å². The monoisotopic (exact) mass is 449 g/mol. The van der Waals surface area contributed by atoms with Crippen LogP contribution in [-0.4, -0.2) is 50.6 Å². The van der Waals surface area contributed by atoms with Gasteiger partial charge in [-0.15, -0.1) is 0 Å². The van der Waals surface area contributed by atoms with Crippen LogP contribution in [0.5, 0.6) is 0 Å². The van der Waals surface area contributed by atoms with Crippen molar-refractivity contribution >= 4 is 23.6 Å². The van der Waals surface area contributed by atoms with E-state index in [-0.39, 0.29) is 17.9 Å². The van der Waals surface area contributed by atoms with E-state index in [9.17, 15) is 9.59 Å². The third-order valence-electron chi connectivity index (χ3n) is 5.62. The minimum Gasteiger partial charge on any atom is -0.349 e. The SMILES string of the molecule is Cc1ccc(Sc2ncccc2C(=O)N2CCC(NC(=O)c3cnn(C)c3)CC2)c(C)c1. The molecule has 0 spiro atoms. The van der Waals surface area contributed by atoms with Gasteiger partial charge < -0.3 is 10.2 Å². The Bertz CT molecular complexity index is 1130. The average Bonchev–Trinajstić information content (AvgIpc) is 3.23. The molecule has 4 rings (SSSR count). The first-order chi connectivity index (χ1) is 15.4. The fourth-order valence-electron chi connectivity index (χ4n) is 3.86. The minimum atomic E-state index is -0.123. The Morgan fingerprint density at radius 3 is 2.62 bits per heavy atom. The highest BCUT2D eigenvalue weighted by molar-refractivity contribution is 7.99. The molecule has 166 valence electrons. The highest BCUT2D eigenvalue weighted by atomic mass is 32.2. The van der Waals surface area contributed by atoms with Crippen LogP contribution in [0.1, 0.15) is 44.7 Å². The van der Waals surface area contributed by atoms with Crippen molar-refractivity contribution in [3.05, 3.63) is 71.2 Å². The lowest BCUT2D eigenvalue weighted by atomic mass is 10.0. The van der Waals surface area contributed by atoms with Crippen LogP contribution in [0.3, 0.4) is 0 Å².